The normalized spacial score (nSPS) is 23.0. The van der Waals surface area contributed by atoms with Gasteiger partial charge in [0, 0.05) is 57.6 Å². The molecule has 4 rings (SSSR count). The molecular formula is C28H39N3O2. The van der Waals surface area contributed by atoms with E-state index in [-0.39, 0.29) is 5.97 Å². The Morgan fingerprint density at radius 2 is 1.55 bits per heavy atom. The van der Waals surface area contributed by atoms with E-state index in [1.807, 2.05) is 0 Å². The van der Waals surface area contributed by atoms with Crippen LogP contribution in [0.3, 0.4) is 0 Å². The predicted octanol–water partition coefficient (Wildman–Crippen LogP) is 3.71. The summed E-state index contributed by atoms with van der Waals surface area (Å²) >= 11 is 0. The molecule has 0 unspecified atom stereocenters. The van der Waals surface area contributed by atoms with E-state index in [0.29, 0.717) is 24.3 Å². The molecular weight excluding hydrogens is 410 g/mol. The van der Waals surface area contributed by atoms with E-state index < -0.39 is 0 Å². The number of rotatable bonds is 8. The molecule has 2 heterocycles. The topological polar surface area (TPSA) is 36.0 Å². The highest BCUT2D eigenvalue weighted by molar-refractivity contribution is 5.69. The molecule has 2 aliphatic heterocycles. The number of hydrogen-bond donors (Lipinski definition) is 0. The van der Waals surface area contributed by atoms with Crippen molar-refractivity contribution in [3.63, 3.8) is 0 Å². The first-order valence-electron chi connectivity index (χ1n) is 12.5. The van der Waals surface area contributed by atoms with Crippen LogP contribution in [0.2, 0.25) is 0 Å². The van der Waals surface area contributed by atoms with Crippen molar-refractivity contribution in [2.45, 2.75) is 31.2 Å². The molecule has 178 valence electrons. The van der Waals surface area contributed by atoms with Crippen LogP contribution < -0.4 is 0 Å². The molecule has 0 radical (unpaired) electrons. The second kappa shape index (κ2) is 11.8. The van der Waals surface area contributed by atoms with Crippen molar-refractivity contribution < 1.29 is 9.53 Å². The van der Waals surface area contributed by atoms with Crippen LogP contribution in [0.1, 0.15) is 36.3 Å². The number of esters is 1. The molecule has 2 aromatic rings. The molecule has 0 aromatic heterocycles. The number of ether oxygens (including phenoxy) is 1. The largest absolute Gasteiger partial charge is 0.469 e. The Bertz CT molecular complexity index is 812. The molecule has 0 aliphatic carbocycles. The number of piperazine rings is 1. The molecule has 5 heteroatoms. The zero-order valence-corrected chi connectivity index (χ0v) is 20.2. The molecule has 2 aromatic carbocycles. The lowest BCUT2D eigenvalue weighted by atomic mass is 9.85. The summed E-state index contributed by atoms with van der Waals surface area (Å²) in [5.74, 6) is 0.762. The van der Waals surface area contributed by atoms with Gasteiger partial charge in [0.25, 0.3) is 0 Å². The number of hydrogen-bond acceptors (Lipinski definition) is 5. The Balaban J connectivity index is 1.48. The average Bonchev–Trinajstić information content (AvgIpc) is 2.87. The van der Waals surface area contributed by atoms with E-state index in [4.69, 9.17) is 4.74 Å². The third kappa shape index (κ3) is 6.44. The highest BCUT2D eigenvalue weighted by atomic mass is 16.5. The Labute approximate surface area is 199 Å². The highest BCUT2D eigenvalue weighted by Crippen LogP contribution is 2.31. The second-order valence-electron chi connectivity index (χ2n) is 9.70. The minimum absolute atomic E-state index is 0.0873. The summed E-state index contributed by atoms with van der Waals surface area (Å²) < 4.78 is 4.97. The third-order valence-corrected chi connectivity index (χ3v) is 7.58. The molecule has 0 spiro atoms. The van der Waals surface area contributed by atoms with E-state index >= 15 is 0 Å². The summed E-state index contributed by atoms with van der Waals surface area (Å²) in [5, 5.41) is 0. The molecule has 0 amide bonds. The number of nitrogens with zero attached hydrogens (tertiary/aromatic N) is 3. The summed E-state index contributed by atoms with van der Waals surface area (Å²) in [6.07, 6.45) is 2.59. The van der Waals surface area contributed by atoms with Gasteiger partial charge in [-0.1, -0.05) is 60.7 Å². The van der Waals surface area contributed by atoms with Gasteiger partial charge in [-0.05, 0) is 43.5 Å². The molecule has 33 heavy (non-hydrogen) atoms. The van der Waals surface area contributed by atoms with Gasteiger partial charge in [0.2, 0.25) is 0 Å². The van der Waals surface area contributed by atoms with Crippen LogP contribution in [-0.4, -0.2) is 86.7 Å². The van der Waals surface area contributed by atoms with E-state index in [9.17, 15) is 4.79 Å². The number of methoxy groups -OCH3 is 1. The average molecular weight is 450 g/mol. The first-order chi connectivity index (χ1) is 16.1. The fourth-order valence-electron chi connectivity index (χ4n) is 5.62. The van der Waals surface area contributed by atoms with Crippen molar-refractivity contribution in [2.75, 3.05) is 60.0 Å². The molecule has 5 nitrogen and oxygen atoms in total. The lowest BCUT2D eigenvalue weighted by molar-refractivity contribution is -0.141. The first kappa shape index (κ1) is 23.9. The van der Waals surface area contributed by atoms with E-state index in [1.54, 1.807) is 0 Å². The highest BCUT2D eigenvalue weighted by Gasteiger charge is 2.35. The molecule has 2 fully saturated rings. The standard InChI is InChI=1S/C28H39N3O2/c1-29-17-19-31(20-18-29)27-15-16-30(21-25(27)13-14-28(32)33-2)22-26(23-9-5-3-6-10-23)24-11-7-4-8-12-24/h3-12,25-27H,13-22H2,1-2H3/t25-,27+/m0/s1. The van der Waals surface area contributed by atoms with Crippen LogP contribution in [0, 0.1) is 5.92 Å². The van der Waals surface area contributed by atoms with E-state index in [1.165, 1.54) is 24.7 Å². The minimum atomic E-state index is -0.0873. The number of piperidine rings is 1. The van der Waals surface area contributed by atoms with Gasteiger partial charge in [0.15, 0.2) is 0 Å². The second-order valence-corrected chi connectivity index (χ2v) is 9.70. The van der Waals surface area contributed by atoms with Crippen LogP contribution in [0.15, 0.2) is 60.7 Å². The zero-order chi connectivity index (χ0) is 23.0. The van der Waals surface area contributed by atoms with Gasteiger partial charge in [-0.15, -0.1) is 0 Å². The maximum atomic E-state index is 12.0. The van der Waals surface area contributed by atoms with Crippen LogP contribution in [-0.2, 0) is 9.53 Å². The van der Waals surface area contributed by atoms with Crippen molar-refractivity contribution >= 4 is 5.97 Å². The van der Waals surface area contributed by atoms with Crippen LogP contribution in [0.5, 0.6) is 0 Å². The number of carbonyl (C=O) groups is 1. The fraction of sp³-hybridized carbons (Fsp3) is 0.536. The number of carbonyl (C=O) groups excluding carboxylic acids is 1. The Morgan fingerprint density at radius 1 is 0.939 bits per heavy atom. The molecule has 2 saturated heterocycles. The predicted molar refractivity (Wildman–Crippen MR) is 133 cm³/mol. The van der Waals surface area contributed by atoms with Crippen molar-refractivity contribution in [3.8, 4) is 0 Å². The van der Waals surface area contributed by atoms with Crippen LogP contribution in [0.4, 0.5) is 0 Å². The van der Waals surface area contributed by atoms with Gasteiger partial charge in [-0.3, -0.25) is 9.69 Å². The number of likely N-dealkylation sites (tertiary alicyclic amines) is 1. The van der Waals surface area contributed by atoms with Gasteiger partial charge >= 0.3 is 5.97 Å². The van der Waals surface area contributed by atoms with E-state index in [0.717, 1.165) is 52.2 Å². The Kier molecular flexibility index (Phi) is 8.54. The lowest BCUT2D eigenvalue weighted by Gasteiger charge is -2.47. The van der Waals surface area contributed by atoms with Crippen molar-refractivity contribution in [2.24, 2.45) is 5.92 Å². The summed E-state index contributed by atoms with van der Waals surface area (Å²) in [6, 6.07) is 22.3. The maximum Gasteiger partial charge on any atom is 0.305 e. The summed E-state index contributed by atoms with van der Waals surface area (Å²) in [6.45, 7) is 7.70. The zero-order valence-electron chi connectivity index (χ0n) is 20.2. The number of benzene rings is 2. The van der Waals surface area contributed by atoms with Crippen molar-refractivity contribution in [3.05, 3.63) is 71.8 Å². The summed E-state index contributed by atoms with van der Waals surface area (Å²) in [7, 11) is 3.71. The first-order valence-corrected chi connectivity index (χ1v) is 12.5. The molecule has 0 saturated carbocycles. The third-order valence-electron chi connectivity index (χ3n) is 7.58. The quantitative estimate of drug-likeness (QED) is 0.574. The molecule has 0 bridgehead atoms. The van der Waals surface area contributed by atoms with Crippen molar-refractivity contribution in [1.82, 2.24) is 14.7 Å². The minimum Gasteiger partial charge on any atom is -0.469 e. The Morgan fingerprint density at radius 3 is 2.12 bits per heavy atom. The summed E-state index contributed by atoms with van der Waals surface area (Å²) in [4.78, 5) is 19.7. The molecule has 2 atom stereocenters. The van der Waals surface area contributed by atoms with E-state index in [2.05, 4.69) is 82.4 Å². The Hall–Kier alpha value is -2.21. The van der Waals surface area contributed by atoms with Crippen molar-refractivity contribution in [1.29, 1.82) is 0 Å². The van der Waals surface area contributed by atoms with Crippen LogP contribution in [0.25, 0.3) is 0 Å². The lowest BCUT2D eigenvalue weighted by Crippen LogP contribution is -2.56. The monoisotopic (exact) mass is 449 g/mol. The SMILES string of the molecule is COC(=O)CC[C@H]1CN(CC(c2ccccc2)c2ccccc2)CC[C@H]1N1CCN(C)CC1. The van der Waals surface area contributed by atoms with Gasteiger partial charge in [0.1, 0.15) is 0 Å². The maximum absolute atomic E-state index is 12.0. The molecule has 0 N–H and O–H groups in total. The smallest absolute Gasteiger partial charge is 0.305 e. The van der Waals surface area contributed by atoms with Gasteiger partial charge in [-0.2, -0.15) is 0 Å². The summed E-state index contributed by atoms with van der Waals surface area (Å²) in [5.41, 5.74) is 2.74. The fourth-order valence-corrected chi connectivity index (χ4v) is 5.62. The van der Waals surface area contributed by atoms with Gasteiger partial charge in [-0.25, -0.2) is 0 Å². The van der Waals surface area contributed by atoms with Gasteiger partial charge in [0.05, 0.1) is 7.11 Å². The van der Waals surface area contributed by atoms with Gasteiger partial charge < -0.3 is 14.5 Å². The molecule has 2 aliphatic rings. The number of likely N-dealkylation sites (N-methyl/N-ethyl adjacent to an activating group) is 1. The van der Waals surface area contributed by atoms with Crippen LogP contribution >= 0.6 is 0 Å².